The lowest BCUT2D eigenvalue weighted by atomic mass is 10.1. The Kier molecular flexibility index (Phi) is 4.51. The molecular weight excluding hydrogens is 238 g/mol. The summed E-state index contributed by atoms with van der Waals surface area (Å²) in [6.07, 6.45) is 5.69. The number of amides is 1. The number of rotatable bonds is 7. The highest BCUT2D eigenvalue weighted by Gasteiger charge is 2.58. The lowest BCUT2D eigenvalue weighted by Gasteiger charge is -2.25. The molecule has 1 saturated heterocycles. The molecule has 19 heavy (non-hydrogen) atoms. The Bertz CT molecular complexity index is 323. The highest BCUT2D eigenvalue weighted by Crippen LogP contribution is 2.43. The maximum atomic E-state index is 12.5. The molecule has 1 atom stereocenters. The van der Waals surface area contributed by atoms with Crippen LogP contribution in [0.4, 0.5) is 0 Å². The van der Waals surface area contributed by atoms with Crippen LogP contribution in [0.3, 0.4) is 0 Å². The third-order valence-corrected chi connectivity index (χ3v) is 4.19. The fraction of sp³-hybridized carbons (Fsp3) is 0.933. The predicted octanol–water partition coefficient (Wildman–Crippen LogP) is 1.66. The summed E-state index contributed by atoms with van der Waals surface area (Å²) in [6.45, 7) is 6.48. The zero-order chi connectivity index (χ0) is 14.0. The Morgan fingerprint density at radius 3 is 2.58 bits per heavy atom. The van der Waals surface area contributed by atoms with Gasteiger partial charge in [0.15, 0.2) is 0 Å². The zero-order valence-electron chi connectivity index (χ0n) is 12.9. The molecule has 1 amide bonds. The van der Waals surface area contributed by atoms with E-state index in [0.29, 0.717) is 11.8 Å². The number of nitrogens with zero attached hydrogens (tertiary/aromatic N) is 2. The van der Waals surface area contributed by atoms with Crippen molar-refractivity contribution in [2.75, 3.05) is 27.2 Å². The minimum Gasteiger partial charge on any atom is -0.326 e. The van der Waals surface area contributed by atoms with Gasteiger partial charge in [-0.3, -0.25) is 10.1 Å². The van der Waals surface area contributed by atoms with E-state index in [2.05, 4.69) is 43.1 Å². The minimum absolute atomic E-state index is 0.152. The Morgan fingerprint density at radius 2 is 2.05 bits per heavy atom. The standard InChI is InChI=1S/C15H29N3O/c1-12(2)11-13-16-15(7-8-15)14(19)18(13)10-6-5-9-17(3)4/h12-13,16H,5-11H2,1-4H3. The van der Waals surface area contributed by atoms with Crippen LogP contribution in [0.15, 0.2) is 0 Å². The first-order chi connectivity index (χ1) is 8.94. The highest BCUT2D eigenvalue weighted by atomic mass is 16.2. The van der Waals surface area contributed by atoms with Crippen molar-refractivity contribution in [3.8, 4) is 0 Å². The molecule has 4 nitrogen and oxygen atoms in total. The van der Waals surface area contributed by atoms with E-state index in [0.717, 1.165) is 45.2 Å². The zero-order valence-corrected chi connectivity index (χ0v) is 12.9. The van der Waals surface area contributed by atoms with Gasteiger partial charge < -0.3 is 9.80 Å². The van der Waals surface area contributed by atoms with Crippen molar-refractivity contribution in [1.29, 1.82) is 0 Å². The van der Waals surface area contributed by atoms with E-state index >= 15 is 0 Å². The molecule has 110 valence electrons. The summed E-state index contributed by atoms with van der Waals surface area (Å²) in [6, 6.07) is 0. The molecule has 2 fully saturated rings. The maximum absolute atomic E-state index is 12.5. The van der Waals surface area contributed by atoms with Gasteiger partial charge in [0.2, 0.25) is 5.91 Å². The number of carbonyl (C=O) groups is 1. The summed E-state index contributed by atoms with van der Waals surface area (Å²) >= 11 is 0. The van der Waals surface area contributed by atoms with E-state index in [9.17, 15) is 4.79 Å². The van der Waals surface area contributed by atoms with Crippen LogP contribution < -0.4 is 5.32 Å². The van der Waals surface area contributed by atoms with Crippen molar-refractivity contribution < 1.29 is 4.79 Å². The van der Waals surface area contributed by atoms with Gasteiger partial charge in [0.1, 0.15) is 0 Å². The van der Waals surface area contributed by atoms with Gasteiger partial charge in [-0.05, 0) is 58.7 Å². The first kappa shape index (κ1) is 14.8. The molecule has 0 radical (unpaired) electrons. The van der Waals surface area contributed by atoms with E-state index in [-0.39, 0.29) is 11.7 Å². The van der Waals surface area contributed by atoms with Crippen molar-refractivity contribution in [3.63, 3.8) is 0 Å². The van der Waals surface area contributed by atoms with E-state index in [1.54, 1.807) is 0 Å². The van der Waals surface area contributed by atoms with Crippen LogP contribution in [0.2, 0.25) is 0 Å². The van der Waals surface area contributed by atoms with E-state index in [4.69, 9.17) is 0 Å². The number of nitrogens with one attached hydrogen (secondary N) is 1. The molecule has 1 spiro atoms. The molecular formula is C15H29N3O. The van der Waals surface area contributed by atoms with Crippen molar-refractivity contribution in [2.24, 2.45) is 5.92 Å². The van der Waals surface area contributed by atoms with E-state index < -0.39 is 0 Å². The average Bonchev–Trinajstić information content (AvgIpc) is 3.02. The normalized spacial score (nSPS) is 25.1. The first-order valence-corrected chi connectivity index (χ1v) is 7.68. The van der Waals surface area contributed by atoms with Gasteiger partial charge in [-0.1, -0.05) is 13.8 Å². The Hall–Kier alpha value is -0.610. The van der Waals surface area contributed by atoms with Gasteiger partial charge in [-0.2, -0.15) is 0 Å². The van der Waals surface area contributed by atoms with Gasteiger partial charge >= 0.3 is 0 Å². The first-order valence-electron chi connectivity index (χ1n) is 7.68. The molecule has 1 aliphatic heterocycles. The van der Waals surface area contributed by atoms with Crippen LogP contribution in [-0.4, -0.2) is 54.6 Å². The van der Waals surface area contributed by atoms with Crippen LogP contribution in [0.1, 0.15) is 46.0 Å². The van der Waals surface area contributed by atoms with Gasteiger partial charge in [0, 0.05) is 6.54 Å². The second-order valence-electron chi connectivity index (χ2n) is 6.88. The van der Waals surface area contributed by atoms with Crippen molar-refractivity contribution in [3.05, 3.63) is 0 Å². The van der Waals surface area contributed by atoms with E-state index in [1.807, 2.05) is 0 Å². The predicted molar refractivity (Wildman–Crippen MR) is 77.8 cm³/mol. The molecule has 2 aliphatic rings. The minimum atomic E-state index is -0.152. The van der Waals surface area contributed by atoms with Crippen LogP contribution >= 0.6 is 0 Å². The molecule has 0 aromatic carbocycles. The summed E-state index contributed by atoms with van der Waals surface area (Å²) in [5.41, 5.74) is -0.152. The monoisotopic (exact) mass is 267 g/mol. The van der Waals surface area contributed by atoms with Crippen LogP contribution in [0.5, 0.6) is 0 Å². The molecule has 0 aromatic rings. The molecule has 1 N–H and O–H groups in total. The second-order valence-corrected chi connectivity index (χ2v) is 6.88. The lowest BCUT2D eigenvalue weighted by molar-refractivity contribution is -0.131. The molecule has 1 heterocycles. The topological polar surface area (TPSA) is 35.6 Å². The van der Waals surface area contributed by atoms with Crippen molar-refractivity contribution in [2.45, 2.75) is 57.7 Å². The molecule has 2 rings (SSSR count). The Labute approximate surface area is 117 Å². The van der Waals surface area contributed by atoms with Gasteiger partial charge in [0.25, 0.3) is 0 Å². The van der Waals surface area contributed by atoms with Gasteiger partial charge in [0.05, 0.1) is 11.7 Å². The third-order valence-electron chi connectivity index (χ3n) is 4.19. The number of hydrogen-bond donors (Lipinski definition) is 1. The summed E-state index contributed by atoms with van der Waals surface area (Å²) in [5.74, 6) is 0.992. The Balaban J connectivity index is 1.85. The van der Waals surface area contributed by atoms with Crippen molar-refractivity contribution in [1.82, 2.24) is 15.1 Å². The SMILES string of the molecule is CC(C)CC1NC2(CC2)C(=O)N1CCCCN(C)C. The lowest BCUT2D eigenvalue weighted by Crippen LogP contribution is -2.39. The molecule has 1 unspecified atom stereocenters. The summed E-state index contributed by atoms with van der Waals surface area (Å²) < 4.78 is 0. The smallest absolute Gasteiger partial charge is 0.244 e. The summed E-state index contributed by atoms with van der Waals surface area (Å²) in [5, 5.41) is 3.59. The van der Waals surface area contributed by atoms with E-state index in [1.165, 1.54) is 0 Å². The number of hydrogen-bond acceptors (Lipinski definition) is 3. The van der Waals surface area contributed by atoms with Crippen LogP contribution in [0, 0.1) is 5.92 Å². The molecule has 1 saturated carbocycles. The summed E-state index contributed by atoms with van der Waals surface area (Å²) in [4.78, 5) is 16.8. The maximum Gasteiger partial charge on any atom is 0.244 e. The number of unbranched alkanes of at least 4 members (excludes halogenated alkanes) is 1. The fourth-order valence-corrected chi connectivity index (χ4v) is 2.96. The highest BCUT2D eigenvalue weighted by molar-refractivity contribution is 5.91. The van der Waals surface area contributed by atoms with Crippen LogP contribution in [0.25, 0.3) is 0 Å². The van der Waals surface area contributed by atoms with Crippen LogP contribution in [-0.2, 0) is 4.79 Å². The largest absolute Gasteiger partial charge is 0.326 e. The average molecular weight is 267 g/mol. The second kappa shape index (κ2) is 5.80. The van der Waals surface area contributed by atoms with Gasteiger partial charge in [-0.25, -0.2) is 0 Å². The third kappa shape index (κ3) is 3.48. The quantitative estimate of drug-likeness (QED) is 0.713. The van der Waals surface area contributed by atoms with Crippen molar-refractivity contribution >= 4 is 5.91 Å². The van der Waals surface area contributed by atoms with Gasteiger partial charge in [-0.15, -0.1) is 0 Å². The molecule has 1 aliphatic carbocycles. The fourth-order valence-electron chi connectivity index (χ4n) is 2.96. The number of carbonyl (C=O) groups excluding carboxylic acids is 1. The molecule has 0 bridgehead atoms. The molecule has 4 heteroatoms. The Morgan fingerprint density at radius 1 is 1.37 bits per heavy atom. The summed E-state index contributed by atoms with van der Waals surface area (Å²) in [7, 11) is 4.20. The molecule has 0 aromatic heterocycles.